The first-order valence-electron chi connectivity index (χ1n) is 6.77. The Morgan fingerprint density at radius 1 is 1.30 bits per heavy atom. The van der Waals surface area contributed by atoms with Gasteiger partial charge >= 0.3 is 5.69 Å². The molecule has 102 valence electrons. The first-order valence-corrected chi connectivity index (χ1v) is 6.77. The summed E-state index contributed by atoms with van der Waals surface area (Å²) in [6, 6.07) is 5.87. The quantitative estimate of drug-likeness (QED) is 0.651. The predicted octanol–water partition coefficient (Wildman–Crippen LogP) is 1.12. The molecule has 0 saturated heterocycles. The van der Waals surface area contributed by atoms with E-state index in [2.05, 4.69) is 19.5 Å². The molecule has 1 aliphatic heterocycles. The molecule has 0 saturated carbocycles. The molecule has 0 fully saturated rings. The maximum atomic E-state index is 11.3. The van der Waals surface area contributed by atoms with Gasteiger partial charge in [0.15, 0.2) is 0 Å². The number of hydrogen-bond donors (Lipinski definition) is 3. The van der Waals surface area contributed by atoms with Crippen LogP contribution in [0.25, 0.3) is 22.3 Å². The number of aromatic nitrogens is 4. The Labute approximate surface area is 114 Å². The van der Waals surface area contributed by atoms with Crippen molar-refractivity contribution in [1.82, 2.24) is 19.5 Å². The third-order valence-corrected chi connectivity index (χ3v) is 3.92. The number of rotatable bonds is 2. The molecular formula is C14H15N5O. The topological polar surface area (TPSA) is 92.5 Å². The second-order valence-electron chi connectivity index (χ2n) is 5.12. The molecule has 3 aromatic rings. The molecule has 0 bridgehead atoms. The van der Waals surface area contributed by atoms with Crippen LogP contribution in [0.1, 0.15) is 17.9 Å². The van der Waals surface area contributed by atoms with Gasteiger partial charge in [-0.2, -0.15) is 0 Å². The molecule has 4 N–H and O–H groups in total. The molecule has 3 heterocycles. The fourth-order valence-electron chi connectivity index (χ4n) is 3.03. The molecule has 6 nitrogen and oxygen atoms in total. The highest BCUT2D eigenvalue weighted by atomic mass is 16.1. The Morgan fingerprint density at radius 2 is 2.15 bits per heavy atom. The van der Waals surface area contributed by atoms with Crippen molar-refractivity contribution >= 4 is 11.0 Å². The largest absolute Gasteiger partial charge is 0.330 e. The van der Waals surface area contributed by atoms with E-state index in [0.717, 1.165) is 47.5 Å². The summed E-state index contributed by atoms with van der Waals surface area (Å²) in [4.78, 5) is 21.5. The lowest BCUT2D eigenvalue weighted by molar-refractivity contribution is 0.689. The van der Waals surface area contributed by atoms with Crippen LogP contribution in [0.5, 0.6) is 0 Å². The van der Waals surface area contributed by atoms with Gasteiger partial charge in [-0.1, -0.05) is 6.07 Å². The van der Waals surface area contributed by atoms with Crippen molar-refractivity contribution in [2.45, 2.75) is 25.9 Å². The van der Waals surface area contributed by atoms with Gasteiger partial charge in [-0.15, -0.1) is 0 Å². The summed E-state index contributed by atoms with van der Waals surface area (Å²) in [5.74, 6) is 0.940. The van der Waals surface area contributed by atoms with Gasteiger partial charge in [-0.3, -0.25) is 0 Å². The molecule has 0 radical (unpaired) electrons. The summed E-state index contributed by atoms with van der Waals surface area (Å²) < 4.78 is 2.22. The number of nitrogens with two attached hydrogens (primary N) is 1. The van der Waals surface area contributed by atoms with Gasteiger partial charge in [-0.05, 0) is 25.0 Å². The van der Waals surface area contributed by atoms with Crippen molar-refractivity contribution in [3.05, 3.63) is 40.2 Å². The van der Waals surface area contributed by atoms with Crippen LogP contribution in [0.2, 0.25) is 0 Å². The van der Waals surface area contributed by atoms with E-state index in [1.165, 1.54) is 5.69 Å². The number of H-pyrrole nitrogens is 2. The SMILES string of the molecule is NCc1nc(-c2ccc3[nH]c(=O)[nH]c3c2)c2n1CCC2. The van der Waals surface area contributed by atoms with Crippen LogP contribution in [0.4, 0.5) is 0 Å². The van der Waals surface area contributed by atoms with Gasteiger partial charge in [0, 0.05) is 17.8 Å². The van der Waals surface area contributed by atoms with E-state index < -0.39 is 0 Å². The third-order valence-electron chi connectivity index (χ3n) is 3.92. The molecule has 0 aliphatic carbocycles. The Kier molecular flexibility index (Phi) is 2.34. The minimum absolute atomic E-state index is 0.185. The van der Waals surface area contributed by atoms with Crippen LogP contribution in [0, 0.1) is 0 Å². The monoisotopic (exact) mass is 269 g/mol. The first kappa shape index (κ1) is 11.5. The predicted molar refractivity (Wildman–Crippen MR) is 76.4 cm³/mol. The maximum absolute atomic E-state index is 11.3. The van der Waals surface area contributed by atoms with Crippen molar-refractivity contribution in [3.8, 4) is 11.3 Å². The highest BCUT2D eigenvalue weighted by Crippen LogP contribution is 2.30. The van der Waals surface area contributed by atoms with E-state index in [0.29, 0.717) is 6.54 Å². The fourth-order valence-corrected chi connectivity index (χ4v) is 3.03. The molecule has 4 rings (SSSR count). The Morgan fingerprint density at radius 3 is 3.00 bits per heavy atom. The average Bonchev–Trinajstić information content (AvgIpc) is 3.09. The average molecular weight is 269 g/mol. The molecule has 2 aromatic heterocycles. The van der Waals surface area contributed by atoms with Crippen molar-refractivity contribution < 1.29 is 0 Å². The van der Waals surface area contributed by atoms with E-state index in [1.807, 2.05) is 18.2 Å². The van der Waals surface area contributed by atoms with Gasteiger partial charge in [0.2, 0.25) is 0 Å². The Hall–Kier alpha value is -2.34. The number of aromatic amines is 2. The zero-order valence-corrected chi connectivity index (χ0v) is 10.9. The lowest BCUT2D eigenvalue weighted by atomic mass is 10.1. The van der Waals surface area contributed by atoms with Gasteiger partial charge in [0.05, 0.1) is 23.3 Å². The molecule has 0 amide bonds. The molecule has 0 atom stereocenters. The maximum Gasteiger partial charge on any atom is 0.323 e. The van der Waals surface area contributed by atoms with Gasteiger partial charge in [-0.25, -0.2) is 9.78 Å². The molecule has 1 aliphatic rings. The molecule has 0 unspecified atom stereocenters. The van der Waals surface area contributed by atoms with Crippen LogP contribution in [-0.2, 0) is 19.5 Å². The zero-order chi connectivity index (χ0) is 13.7. The van der Waals surface area contributed by atoms with Crippen LogP contribution in [0.15, 0.2) is 23.0 Å². The number of nitrogens with zero attached hydrogens (tertiary/aromatic N) is 2. The minimum atomic E-state index is -0.185. The molecule has 20 heavy (non-hydrogen) atoms. The minimum Gasteiger partial charge on any atom is -0.330 e. The van der Waals surface area contributed by atoms with Crippen LogP contribution < -0.4 is 11.4 Å². The summed E-state index contributed by atoms with van der Waals surface area (Å²) in [7, 11) is 0. The standard InChI is InChI=1S/C14H15N5O/c15-7-12-18-13(11-2-1-5-19(11)12)8-3-4-9-10(6-8)17-14(20)16-9/h3-4,6H,1-2,5,7,15H2,(H2,16,17,20). The van der Waals surface area contributed by atoms with E-state index in [1.54, 1.807) is 0 Å². The Bertz CT molecular complexity index is 854. The number of benzene rings is 1. The lowest BCUT2D eigenvalue weighted by Crippen LogP contribution is -2.06. The number of imidazole rings is 2. The van der Waals surface area contributed by atoms with Gasteiger partial charge in [0.25, 0.3) is 0 Å². The summed E-state index contributed by atoms with van der Waals surface area (Å²) >= 11 is 0. The van der Waals surface area contributed by atoms with Crippen molar-refractivity contribution in [2.75, 3.05) is 0 Å². The van der Waals surface area contributed by atoms with Gasteiger partial charge in [0.1, 0.15) is 5.82 Å². The van der Waals surface area contributed by atoms with Crippen LogP contribution >= 0.6 is 0 Å². The number of nitrogens with one attached hydrogen (secondary N) is 2. The molecule has 1 aromatic carbocycles. The van der Waals surface area contributed by atoms with Crippen LogP contribution in [-0.4, -0.2) is 19.5 Å². The first-order chi connectivity index (χ1) is 9.76. The molecule has 0 spiro atoms. The number of hydrogen-bond acceptors (Lipinski definition) is 3. The van der Waals surface area contributed by atoms with Crippen molar-refractivity contribution in [1.29, 1.82) is 0 Å². The Balaban J connectivity index is 1.92. The molecular weight excluding hydrogens is 254 g/mol. The summed E-state index contributed by atoms with van der Waals surface area (Å²) in [6.45, 7) is 1.45. The van der Waals surface area contributed by atoms with Crippen molar-refractivity contribution in [2.24, 2.45) is 5.73 Å². The normalized spacial score (nSPS) is 14.1. The fraction of sp³-hybridized carbons (Fsp3) is 0.286. The third kappa shape index (κ3) is 1.55. The summed E-state index contributed by atoms with van der Waals surface area (Å²) in [6.07, 6.45) is 2.17. The van der Waals surface area contributed by atoms with Crippen molar-refractivity contribution in [3.63, 3.8) is 0 Å². The summed E-state index contributed by atoms with van der Waals surface area (Å²) in [5.41, 5.74) is 10.5. The van der Waals surface area contributed by atoms with E-state index in [9.17, 15) is 4.79 Å². The highest BCUT2D eigenvalue weighted by Gasteiger charge is 2.21. The second kappa shape index (κ2) is 4.08. The van der Waals surface area contributed by atoms with E-state index >= 15 is 0 Å². The zero-order valence-electron chi connectivity index (χ0n) is 10.9. The smallest absolute Gasteiger partial charge is 0.323 e. The summed E-state index contributed by atoms with van der Waals surface area (Å²) in [5, 5.41) is 0. The van der Waals surface area contributed by atoms with Gasteiger partial charge < -0.3 is 20.3 Å². The lowest BCUT2D eigenvalue weighted by Gasteiger charge is -2.01. The second-order valence-corrected chi connectivity index (χ2v) is 5.12. The number of fused-ring (bicyclic) bond motifs is 2. The van der Waals surface area contributed by atoms with Crippen LogP contribution in [0.3, 0.4) is 0 Å². The van der Waals surface area contributed by atoms with E-state index in [4.69, 9.17) is 5.73 Å². The van der Waals surface area contributed by atoms with E-state index in [-0.39, 0.29) is 5.69 Å². The highest BCUT2D eigenvalue weighted by molar-refractivity contribution is 5.81. The molecule has 6 heteroatoms.